The van der Waals surface area contributed by atoms with Gasteiger partial charge in [-0.1, -0.05) is 5.92 Å². The Bertz CT molecular complexity index is 403. The molecule has 4 heteroatoms. The van der Waals surface area contributed by atoms with Gasteiger partial charge in [0, 0.05) is 16.7 Å². The molecule has 68 valence electrons. The Balaban J connectivity index is 3.29. The summed E-state index contributed by atoms with van der Waals surface area (Å²) in [6.07, 6.45) is 6.73. The highest BCUT2D eigenvalue weighted by Gasteiger charge is 2.03. The molecule has 1 rings (SSSR count). The molecule has 3 nitrogen and oxygen atoms in total. The van der Waals surface area contributed by atoms with Crippen LogP contribution < -0.4 is 10.3 Å². The largest absolute Gasteiger partial charge is 0.491 e. The molecule has 0 aliphatic rings. The topological polar surface area (TPSA) is 31.2 Å². The van der Waals surface area contributed by atoms with Gasteiger partial charge in [-0.15, -0.1) is 6.42 Å². The zero-order valence-corrected chi connectivity index (χ0v) is 8.67. The second kappa shape index (κ2) is 4.15. The lowest BCUT2D eigenvalue weighted by atomic mass is 10.4. The van der Waals surface area contributed by atoms with Crippen LogP contribution in [0.25, 0.3) is 0 Å². The van der Waals surface area contributed by atoms with E-state index in [4.69, 9.17) is 11.2 Å². The van der Waals surface area contributed by atoms with Gasteiger partial charge < -0.3 is 4.74 Å². The summed E-state index contributed by atoms with van der Waals surface area (Å²) >= 11 is 3.25. The SMILES string of the molecule is C#CCn1cc(Br)cc(OC)c1=O. The molecule has 0 atom stereocenters. The minimum Gasteiger partial charge on any atom is -0.491 e. The fraction of sp³-hybridized carbons (Fsp3) is 0.222. The van der Waals surface area contributed by atoms with Crippen molar-refractivity contribution in [3.63, 3.8) is 0 Å². The van der Waals surface area contributed by atoms with Crippen LogP contribution in [0.5, 0.6) is 5.75 Å². The first-order valence-corrected chi connectivity index (χ1v) is 4.35. The summed E-state index contributed by atoms with van der Waals surface area (Å²) in [5.41, 5.74) is -0.219. The molecule has 13 heavy (non-hydrogen) atoms. The van der Waals surface area contributed by atoms with E-state index in [-0.39, 0.29) is 17.9 Å². The van der Waals surface area contributed by atoms with Crippen LogP contribution >= 0.6 is 15.9 Å². The van der Waals surface area contributed by atoms with Crippen LogP contribution in [-0.2, 0) is 6.54 Å². The number of hydrogen-bond donors (Lipinski definition) is 0. The van der Waals surface area contributed by atoms with Gasteiger partial charge in [0.05, 0.1) is 13.7 Å². The monoisotopic (exact) mass is 241 g/mol. The van der Waals surface area contributed by atoms with E-state index in [2.05, 4.69) is 21.9 Å². The predicted molar refractivity (Wildman–Crippen MR) is 53.8 cm³/mol. The molecular weight excluding hydrogens is 234 g/mol. The number of ether oxygens (including phenoxy) is 1. The van der Waals surface area contributed by atoms with Crippen LogP contribution in [0.3, 0.4) is 0 Å². The number of methoxy groups -OCH3 is 1. The van der Waals surface area contributed by atoms with Crippen molar-refractivity contribution in [3.05, 3.63) is 27.1 Å². The summed E-state index contributed by atoms with van der Waals surface area (Å²) in [7, 11) is 1.45. The molecule has 0 aliphatic heterocycles. The molecule has 0 spiro atoms. The standard InChI is InChI=1S/C9H8BrNO2/c1-3-4-11-6-7(10)5-8(13-2)9(11)12/h1,5-6H,4H2,2H3. The van der Waals surface area contributed by atoms with Gasteiger partial charge >= 0.3 is 0 Å². The molecule has 0 saturated carbocycles. The Morgan fingerprint density at radius 2 is 2.46 bits per heavy atom. The molecule has 1 heterocycles. The number of pyridine rings is 1. The number of terminal acetylenes is 1. The van der Waals surface area contributed by atoms with Crippen molar-refractivity contribution in [2.24, 2.45) is 0 Å². The first kappa shape index (κ1) is 9.87. The van der Waals surface area contributed by atoms with Crippen LogP contribution in [0.2, 0.25) is 0 Å². The average molecular weight is 242 g/mol. The Hall–Kier alpha value is -1.21. The highest BCUT2D eigenvalue weighted by molar-refractivity contribution is 9.10. The van der Waals surface area contributed by atoms with Crippen LogP contribution in [-0.4, -0.2) is 11.7 Å². The van der Waals surface area contributed by atoms with Crippen molar-refractivity contribution in [1.82, 2.24) is 4.57 Å². The normalized spacial score (nSPS) is 9.31. The van der Waals surface area contributed by atoms with E-state index in [1.54, 1.807) is 12.3 Å². The van der Waals surface area contributed by atoms with Gasteiger partial charge in [-0.2, -0.15) is 0 Å². The smallest absolute Gasteiger partial charge is 0.293 e. The van der Waals surface area contributed by atoms with Crippen molar-refractivity contribution in [1.29, 1.82) is 0 Å². The summed E-state index contributed by atoms with van der Waals surface area (Å²) in [6, 6.07) is 1.61. The van der Waals surface area contributed by atoms with E-state index in [9.17, 15) is 4.79 Å². The molecule has 0 saturated heterocycles. The average Bonchev–Trinajstić information content (AvgIpc) is 2.11. The first-order chi connectivity index (χ1) is 6.19. The highest BCUT2D eigenvalue weighted by Crippen LogP contribution is 2.12. The lowest BCUT2D eigenvalue weighted by Crippen LogP contribution is -2.20. The number of halogens is 1. The molecule has 0 aromatic carbocycles. The van der Waals surface area contributed by atoms with E-state index in [0.29, 0.717) is 0 Å². The zero-order chi connectivity index (χ0) is 9.84. The number of nitrogens with zero attached hydrogens (tertiary/aromatic N) is 1. The minimum atomic E-state index is -0.219. The van der Waals surface area contributed by atoms with Crippen molar-refractivity contribution >= 4 is 15.9 Å². The van der Waals surface area contributed by atoms with Crippen molar-refractivity contribution in [2.45, 2.75) is 6.54 Å². The minimum absolute atomic E-state index is 0.219. The molecule has 1 aromatic rings. The third-order valence-corrected chi connectivity index (χ3v) is 1.94. The Morgan fingerprint density at radius 3 is 3.00 bits per heavy atom. The van der Waals surface area contributed by atoms with Gasteiger partial charge in [0.1, 0.15) is 0 Å². The number of hydrogen-bond acceptors (Lipinski definition) is 2. The Labute approximate surface area is 84.5 Å². The van der Waals surface area contributed by atoms with E-state index in [1.165, 1.54) is 11.7 Å². The third-order valence-electron chi connectivity index (χ3n) is 1.50. The van der Waals surface area contributed by atoms with E-state index >= 15 is 0 Å². The number of rotatable bonds is 2. The molecule has 0 amide bonds. The van der Waals surface area contributed by atoms with Gasteiger partial charge in [0.25, 0.3) is 5.56 Å². The van der Waals surface area contributed by atoms with E-state index < -0.39 is 0 Å². The zero-order valence-electron chi connectivity index (χ0n) is 7.08. The molecule has 1 aromatic heterocycles. The molecule has 0 radical (unpaired) electrons. The summed E-state index contributed by atoms with van der Waals surface area (Å²) in [6.45, 7) is 0.245. The van der Waals surface area contributed by atoms with Crippen LogP contribution in [0, 0.1) is 12.3 Å². The van der Waals surface area contributed by atoms with E-state index in [1.807, 2.05) is 0 Å². The van der Waals surface area contributed by atoms with E-state index in [0.717, 1.165) is 4.47 Å². The summed E-state index contributed by atoms with van der Waals surface area (Å²) in [5.74, 6) is 2.67. The lowest BCUT2D eigenvalue weighted by molar-refractivity contribution is 0.403. The van der Waals surface area contributed by atoms with Gasteiger partial charge in [0.2, 0.25) is 0 Å². The molecular formula is C9H8BrNO2. The molecule has 0 unspecified atom stereocenters. The quantitative estimate of drug-likeness (QED) is 0.731. The fourth-order valence-electron chi connectivity index (χ4n) is 0.935. The number of aromatic nitrogens is 1. The maximum absolute atomic E-state index is 11.5. The van der Waals surface area contributed by atoms with Crippen LogP contribution in [0.15, 0.2) is 21.5 Å². The second-order valence-corrected chi connectivity index (χ2v) is 3.28. The van der Waals surface area contributed by atoms with Gasteiger partial charge in [-0.3, -0.25) is 9.36 Å². The van der Waals surface area contributed by atoms with Crippen molar-refractivity contribution in [2.75, 3.05) is 7.11 Å². The lowest BCUT2D eigenvalue weighted by Gasteiger charge is -2.04. The highest BCUT2D eigenvalue weighted by atomic mass is 79.9. The Morgan fingerprint density at radius 1 is 1.77 bits per heavy atom. The molecule has 0 bridgehead atoms. The van der Waals surface area contributed by atoms with Crippen molar-refractivity contribution < 1.29 is 4.74 Å². The fourth-order valence-corrected chi connectivity index (χ4v) is 1.39. The maximum atomic E-state index is 11.5. The second-order valence-electron chi connectivity index (χ2n) is 2.36. The summed E-state index contributed by atoms with van der Waals surface area (Å²) in [4.78, 5) is 11.5. The maximum Gasteiger partial charge on any atom is 0.293 e. The predicted octanol–water partition coefficient (Wildman–Crippen LogP) is 1.25. The molecule has 0 aliphatic carbocycles. The first-order valence-electron chi connectivity index (χ1n) is 3.56. The van der Waals surface area contributed by atoms with Crippen LogP contribution in [0.1, 0.15) is 0 Å². The molecule has 0 N–H and O–H groups in total. The van der Waals surface area contributed by atoms with Crippen LogP contribution in [0.4, 0.5) is 0 Å². The van der Waals surface area contributed by atoms with Crippen molar-refractivity contribution in [3.8, 4) is 18.1 Å². The summed E-state index contributed by atoms with van der Waals surface area (Å²) < 4.78 is 7.05. The van der Waals surface area contributed by atoms with Gasteiger partial charge in [0.15, 0.2) is 5.75 Å². The van der Waals surface area contributed by atoms with Gasteiger partial charge in [-0.05, 0) is 15.9 Å². The third kappa shape index (κ3) is 2.13. The Kier molecular flexibility index (Phi) is 3.15. The summed E-state index contributed by atoms with van der Waals surface area (Å²) in [5, 5.41) is 0. The molecule has 0 fully saturated rings. The van der Waals surface area contributed by atoms with Gasteiger partial charge in [-0.25, -0.2) is 0 Å².